The van der Waals surface area contributed by atoms with E-state index in [2.05, 4.69) is 20.8 Å². The van der Waals surface area contributed by atoms with Crippen LogP contribution in [-0.2, 0) is 0 Å². The Balaban J connectivity index is 2.17. The molecule has 9 heavy (non-hydrogen) atoms. The van der Waals surface area contributed by atoms with Crippen LogP contribution in [0.1, 0.15) is 40.0 Å². The van der Waals surface area contributed by atoms with Crippen molar-refractivity contribution in [1.82, 2.24) is 0 Å². The average Bonchev–Trinajstić information content (AvgIpc) is 2.64. The molecule has 0 spiro atoms. The molecule has 0 saturated heterocycles. The van der Waals surface area contributed by atoms with Gasteiger partial charge in [0.1, 0.15) is 0 Å². The molecule has 0 aromatic carbocycles. The molecule has 0 aromatic rings. The Morgan fingerprint density at radius 1 is 1.44 bits per heavy atom. The van der Waals surface area contributed by atoms with E-state index in [0.29, 0.717) is 0 Å². The van der Waals surface area contributed by atoms with E-state index in [1.54, 1.807) is 0 Å². The first-order valence-corrected chi connectivity index (χ1v) is 4.29. The normalized spacial score (nSPS) is 36.3. The van der Waals surface area contributed by atoms with Crippen LogP contribution in [0.5, 0.6) is 0 Å². The van der Waals surface area contributed by atoms with Crippen molar-refractivity contribution in [3.8, 4) is 0 Å². The summed E-state index contributed by atoms with van der Waals surface area (Å²) >= 11 is 0. The molecule has 0 amide bonds. The molecular formula is C9H18. The maximum atomic E-state index is 2.39. The minimum Gasteiger partial charge on any atom is -0.0651 e. The summed E-state index contributed by atoms with van der Waals surface area (Å²) in [5, 5.41) is 0. The van der Waals surface area contributed by atoms with Crippen molar-refractivity contribution in [2.45, 2.75) is 40.0 Å². The fraction of sp³-hybridized carbons (Fsp3) is 1.00. The van der Waals surface area contributed by atoms with Gasteiger partial charge in [0.05, 0.1) is 0 Å². The van der Waals surface area contributed by atoms with Crippen molar-refractivity contribution in [3.63, 3.8) is 0 Å². The number of rotatable bonds is 3. The molecule has 1 rings (SSSR count). The molecule has 0 bridgehead atoms. The summed E-state index contributed by atoms with van der Waals surface area (Å²) < 4.78 is 0. The molecule has 1 saturated carbocycles. The van der Waals surface area contributed by atoms with Crippen LogP contribution in [0.25, 0.3) is 0 Å². The van der Waals surface area contributed by atoms with Gasteiger partial charge in [0.2, 0.25) is 0 Å². The maximum absolute atomic E-state index is 2.39. The topological polar surface area (TPSA) is 0 Å². The van der Waals surface area contributed by atoms with Crippen LogP contribution in [-0.4, -0.2) is 0 Å². The van der Waals surface area contributed by atoms with Gasteiger partial charge in [-0.25, -0.2) is 0 Å². The Labute approximate surface area is 58.7 Å². The minimum absolute atomic E-state index is 0.995. The van der Waals surface area contributed by atoms with Gasteiger partial charge in [-0.2, -0.15) is 0 Å². The molecule has 0 heteroatoms. The van der Waals surface area contributed by atoms with E-state index >= 15 is 0 Å². The zero-order chi connectivity index (χ0) is 6.85. The summed E-state index contributed by atoms with van der Waals surface area (Å²) in [5.74, 6) is 3.19. The predicted octanol–water partition coefficient (Wildman–Crippen LogP) is 3.08. The van der Waals surface area contributed by atoms with Crippen LogP contribution in [0.3, 0.4) is 0 Å². The highest BCUT2D eigenvalue weighted by Crippen LogP contribution is 2.47. The van der Waals surface area contributed by atoms with Gasteiger partial charge in [-0.3, -0.25) is 0 Å². The van der Waals surface area contributed by atoms with E-state index in [4.69, 9.17) is 0 Å². The smallest absolute Gasteiger partial charge is 0.0357 e. The van der Waals surface area contributed by atoms with Gasteiger partial charge in [0, 0.05) is 0 Å². The van der Waals surface area contributed by atoms with Crippen LogP contribution in [0, 0.1) is 17.8 Å². The van der Waals surface area contributed by atoms with Gasteiger partial charge in [-0.1, -0.05) is 33.6 Å². The van der Waals surface area contributed by atoms with E-state index in [-0.39, 0.29) is 0 Å². The Bertz CT molecular complexity index is 86.0. The highest BCUT2D eigenvalue weighted by molar-refractivity contribution is 4.87. The summed E-state index contributed by atoms with van der Waals surface area (Å²) in [6.45, 7) is 7.00. The van der Waals surface area contributed by atoms with Crippen molar-refractivity contribution in [2.24, 2.45) is 17.8 Å². The van der Waals surface area contributed by atoms with Crippen LogP contribution in [0.15, 0.2) is 0 Å². The van der Waals surface area contributed by atoms with E-state index in [9.17, 15) is 0 Å². The Morgan fingerprint density at radius 3 is 2.44 bits per heavy atom. The zero-order valence-electron chi connectivity index (χ0n) is 6.85. The molecule has 0 N–H and O–H groups in total. The third kappa shape index (κ3) is 1.47. The summed E-state index contributed by atoms with van der Waals surface area (Å²) in [6.07, 6.45) is 4.31. The van der Waals surface area contributed by atoms with Crippen LogP contribution in [0.4, 0.5) is 0 Å². The average molecular weight is 126 g/mol. The van der Waals surface area contributed by atoms with E-state index in [0.717, 1.165) is 17.8 Å². The van der Waals surface area contributed by atoms with Crippen molar-refractivity contribution < 1.29 is 0 Å². The largest absolute Gasteiger partial charge is 0.0651 e. The van der Waals surface area contributed by atoms with Crippen molar-refractivity contribution in [1.29, 1.82) is 0 Å². The van der Waals surface area contributed by atoms with Crippen LogP contribution >= 0.6 is 0 Å². The lowest BCUT2D eigenvalue weighted by atomic mass is 10.0. The summed E-state index contributed by atoms with van der Waals surface area (Å²) in [6, 6.07) is 0. The SMILES string of the molecule is CCC(C)C1CC1CC. The van der Waals surface area contributed by atoms with Gasteiger partial charge in [-0.15, -0.1) is 0 Å². The monoisotopic (exact) mass is 126 g/mol. The highest BCUT2D eigenvalue weighted by atomic mass is 14.4. The van der Waals surface area contributed by atoms with Crippen molar-refractivity contribution in [2.75, 3.05) is 0 Å². The second-order valence-electron chi connectivity index (χ2n) is 3.45. The quantitative estimate of drug-likeness (QED) is 0.545. The van der Waals surface area contributed by atoms with Crippen molar-refractivity contribution in [3.05, 3.63) is 0 Å². The van der Waals surface area contributed by atoms with E-state index in [1.807, 2.05) is 0 Å². The molecule has 0 aromatic heterocycles. The lowest BCUT2D eigenvalue weighted by Gasteiger charge is -2.04. The molecule has 1 aliphatic carbocycles. The molecule has 54 valence electrons. The highest BCUT2D eigenvalue weighted by Gasteiger charge is 2.38. The molecule has 0 nitrogen and oxygen atoms in total. The molecule has 1 aliphatic rings. The fourth-order valence-corrected chi connectivity index (χ4v) is 1.74. The van der Waals surface area contributed by atoms with Gasteiger partial charge < -0.3 is 0 Å². The third-order valence-electron chi connectivity index (χ3n) is 2.88. The van der Waals surface area contributed by atoms with Gasteiger partial charge in [0.15, 0.2) is 0 Å². The molecule has 3 unspecified atom stereocenters. The lowest BCUT2D eigenvalue weighted by molar-refractivity contribution is 0.457. The molecular weight excluding hydrogens is 108 g/mol. The van der Waals surface area contributed by atoms with Crippen molar-refractivity contribution >= 4 is 0 Å². The summed E-state index contributed by atoms with van der Waals surface area (Å²) in [7, 11) is 0. The number of hydrogen-bond donors (Lipinski definition) is 0. The standard InChI is InChI=1S/C9H18/c1-4-7(3)9-6-8(9)5-2/h7-9H,4-6H2,1-3H3. The number of hydrogen-bond acceptors (Lipinski definition) is 0. The maximum Gasteiger partial charge on any atom is -0.0357 e. The molecule has 0 heterocycles. The molecule has 1 fully saturated rings. The Morgan fingerprint density at radius 2 is 2.11 bits per heavy atom. The zero-order valence-corrected chi connectivity index (χ0v) is 6.85. The lowest BCUT2D eigenvalue weighted by Crippen LogP contribution is -1.95. The predicted molar refractivity (Wildman–Crippen MR) is 41.3 cm³/mol. The first-order valence-electron chi connectivity index (χ1n) is 4.29. The first kappa shape index (κ1) is 7.11. The minimum atomic E-state index is 0.995. The van der Waals surface area contributed by atoms with Crippen LogP contribution < -0.4 is 0 Å². The summed E-state index contributed by atoms with van der Waals surface area (Å²) in [5.41, 5.74) is 0. The van der Waals surface area contributed by atoms with Gasteiger partial charge in [-0.05, 0) is 24.2 Å². The van der Waals surface area contributed by atoms with Crippen LogP contribution in [0.2, 0.25) is 0 Å². The Hall–Kier alpha value is 0. The third-order valence-corrected chi connectivity index (χ3v) is 2.88. The molecule has 0 radical (unpaired) electrons. The van der Waals surface area contributed by atoms with Gasteiger partial charge in [0.25, 0.3) is 0 Å². The van der Waals surface area contributed by atoms with Gasteiger partial charge >= 0.3 is 0 Å². The Kier molecular flexibility index (Phi) is 2.15. The summed E-state index contributed by atoms with van der Waals surface area (Å²) in [4.78, 5) is 0. The molecule has 3 atom stereocenters. The fourth-order valence-electron chi connectivity index (χ4n) is 1.74. The second-order valence-corrected chi connectivity index (χ2v) is 3.45. The second kappa shape index (κ2) is 2.72. The first-order chi connectivity index (χ1) is 4.29. The van der Waals surface area contributed by atoms with E-state index < -0.39 is 0 Å². The molecule has 0 aliphatic heterocycles. The van der Waals surface area contributed by atoms with E-state index in [1.165, 1.54) is 19.3 Å².